The Morgan fingerprint density at radius 3 is 3.20 bits per heavy atom. The van der Waals surface area contributed by atoms with Gasteiger partial charge >= 0.3 is 0 Å². The summed E-state index contributed by atoms with van der Waals surface area (Å²) in [5, 5.41) is 8.06. The Balaban J connectivity index is 0.00000220. The molecule has 2 rings (SSSR count). The summed E-state index contributed by atoms with van der Waals surface area (Å²) in [5.41, 5.74) is 3.04. The van der Waals surface area contributed by atoms with Crippen LogP contribution in [0.15, 0.2) is 37.5 Å². The summed E-state index contributed by atoms with van der Waals surface area (Å²) in [6.45, 7) is 16.2. The van der Waals surface area contributed by atoms with Crippen LogP contribution in [0.4, 0.5) is 0 Å². The average Bonchev–Trinajstić information content (AvgIpc) is 2.88. The minimum absolute atomic E-state index is 0. The Bertz CT molecular complexity index is 522. The van der Waals surface area contributed by atoms with E-state index in [1.54, 1.807) is 6.08 Å². The third-order valence-electron chi connectivity index (χ3n) is 3.59. The summed E-state index contributed by atoms with van der Waals surface area (Å²) in [5.74, 6) is 0.696. The van der Waals surface area contributed by atoms with E-state index in [2.05, 4.69) is 43.1 Å². The van der Waals surface area contributed by atoms with Gasteiger partial charge in [0.2, 0.25) is 0 Å². The quantitative estimate of drug-likeness (QED) is 0.862. The molecule has 2 heterocycles. The molecule has 1 aliphatic rings. The van der Waals surface area contributed by atoms with Crippen molar-refractivity contribution in [2.45, 2.75) is 32.4 Å². The van der Waals surface area contributed by atoms with Crippen molar-refractivity contribution < 1.29 is 6.16 Å². The number of aryl methyl sites for hydroxylation is 1. The minimum atomic E-state index is 0. The average molecular weight is 275 g/mol. The van der Waals surface area contributed by atoms with E-state index in [1.165, 1.54) is 0 Å². The maximum absolute atomic E-state index is 5.76. The largest absolute Gasteiger partial charge is 0.492 e. The van der Waals surface area contributed by atoms with Crippen molar-refractivity contribution in [2.24, 2.45) is 0 Å². The van der Waals surface area contributed by atoms with E-state index in [4.69, 9.17) is 4.74 Å². The van der Waals surface area contributed by atoms with Gasteiger partial charge in [0.15, 0.2) is 0 Å². The molecule has 0 saturated carbocycles. The van der Waals surface area contributed by atoms with Crippen LogP contribution in [0.3, 0.4) is 0 Å². The Labute approximate surface area is 122 Å². The third kappa shape index (κ3) is 3.20. The van der Waals surface area contributed by atoms with E-state index in [0.29, 0.717) is 12.4 Å². The summed E-state index contributed by atoms with van der Waals surface area (Å²) < 4.78 is 7.72. The topological polar surface area (TPSA) is 39.1 Å². The molecule has 110 valence electrons. The smallest absolute Gasteiger partial charge is 0.137 e. The lowest BCUT2D eigenvalue weighted by Gasteiger charge is -2.22. The van der Waals surface area contributed by atoms with Crippen molar-refractivity contribution in [2.75, 3.05) is 13.2 Å². The van der Waals surface area contributed by atoms with E-state index in [1.807, 2.05) is 4.68 Å². The number of aromatic nitrogens is 2. The zero-order valence-electron chi connectivity index (χ0n) is 12.2. The first-order valence-corrected chi connectivity index (χ1v) is 7.09. The summed E-state index contributed by atoms with van der Waals surface area (Å²) in [6.07, 6.45) is 3.57. The summed E-state index contributed by atoms with van der Waals surface area (Å²) >= 11 is 0. The number of ether oxygens (including phenoxy) is 1. The van der Waals surface area contributed by atoms with Crippen molar-refractivity contribution in [3.8, 4) is 0 Å². The minimum Gasteiger partial charge on any atom is -0.492 e. The zero-order chi connectivity index (χ0) is 14.5. The van der Waals surface area contributed by atoms with Gasteiger partial charge in [-0.1, -0.05) is 32.7 Å². The van der Waals surface area contributed by atoms with E-state index >= 15 is 0 Å². The van der Waals surface area contributed by atoms with Gasteiger partial charge in [0, 0.05) is 20.4 Å². The monoisotopic (exact) mass is 275 g/mol. The molecule has 1 aromatic rings. The molecule has 0 saturated heterocycles. The zero-order valence-corrected chi connectivity index (χ0v) is 12.2. The molecule has 0 fully saturated rings. The molecule has 4 heteroatoms. The highest BCUT2D eigenvalue weighted by Gasteiger charge is 2.16. The lowest BCUT2D eigenvalue weighted by Crippen LogP contribution is -2.35. The van der Waals surface area contributed by atoms with Crippen LogP contribution in [0.2, 0.25) is 0 Å². The fourth-order valence-corrected chi connectivity index (χ4v) is 2.32. The molecule has 0 radical (unpaired) electrons. The number of hydrogen-bond donors (Lipinski definition) is 1. The maximum Gasteiger partial charge on any atom is 0.137 e. The van der Waals surface area contributed by atoms with Crippen LogP contribution in [0.1, 0.15) is 26.2 Å². The van der Waals surface area contributed by atoms with Gasteiger partial charge < -0.3 is 10.1 Å². The second-order valence-electron chi connectivity index (χ2n) is 4.94. The summed E-state index contributed by atoms with van der Waals surface area (Å²) in [7, 11) is 0. The standard InChI is InChI=1S/C16H23N3O.H2/c1-5-12(3)15-7-10-20-13(4)16-11-14(6-2)18-19(16)9-8-17-15;/h5,11,15,17H,1,3-4,6-10H2,2H3;1H/t15-;/m1./s1. The predicted octanol–water partition coefficient (Wildman–Crippen LogP) is 2.78. The second-order valence-corrected chi connectivity index (χ2v) is 4.94. The molecule has 1 aromatic heterocycles. The SMILES string of the molecule is C=CC(=C)[C@H]1CCOC(=C)c2cc(CC)nn2CCN1.[HH]. The van der Waals surface area contributed by atoms with Crippen molar-refractivity contribution >= 4 is 5.76 Å². The molecule has 1 atom stereocenters. The third-order valence-corrected chi connectivity index (χ3v) is 3.59. The molecule has 0 aromatic carbocycles. The van der Waals surface area contributed by atoms with E-state index in [0.717, 1.165) is 42.9 Å². The van der Waals surface area contributed by atoms with Crippen LogP contribution < -0.4 is 5.32 Å². The molecule has 4 nitrogen and oxygen atoms in total. The lowest BCUT2D eigenvalue weighted by molar-refractivity contribution is 0.251. The Morgan fingerprint density at radius 2 is 2.50 bits per heavy atom. The molecule has 20 heavy (non-hydrogen) atoms. The molecule has 0 bridgehead atoms. The Kier molecular flexibility index (Phi) is 4.79. The highest BCUT2D eigenvalue weighted by atomic mass is 16.5. The van der Waals surface area contributed by atoms with Gasteiger partial charge in [0.1, 0.15) is 11.5 Å². The number of rotatable bonds is 3. The van der Waals surface area contributed by atoms with Crippen molar-refractivity contribution in [1.82, 2.24) is 15.1 Å². The highest BCUT2D eigenvalue weighted by molar-refractivity contribution is 5.54. The fourth-order valence-electron chi connectivity index (χ4n) is 2.32. The van der Waals surface area contributed by atoms with Crippen molar-refractivity contribution in [3.63, 3.8) is 0 Å². The first-order valence-electron chi connectivity index (χ1n) is 7.09. The van der Waals surface area contributed by atoms with Gasteiger partial charge in [0.05, 0.1) is 18.8 Å². The van der Waals surface area contributed by atoms with Crippen molar-refractivity contribution in [1.29, 1.82) is 0 Å². The van der Waals surface area contributed by atoms with Crippen LogP contribution in [0.25, 0.3) is 5.76 Å². The van der Waals surface area contributed by atoms with Crippen molar-refractivity contribution in [3.05, 3.63) is 48.8 Å². The molecule has 0 amide bonds. The molecular weight excluding hydrogens is 250 g/mol. The molecule has 1 N–H and O–H groups in total. The molecule has 0 unspecified atom stereocenters. The van der Waals surface area contributed by atoms with Gasteiger partial charge in [-0.3, -0.25) is 4.68 Å². The summed E-state index contributed by atoms with van der Waals surface area (Å²) in [4.78, 5) is 0. The van der Waals surface area contributed by atoms with Crippen LogP contribution in [0, 0.1) is 0 Å². The van der Waals surface area contributed by atoms with Gasteiger partial charge in [-0.05, 0) is 18.1 Å². The van der Waals surface area contributed by atoms with Gasteiger partial charge in [-0.25, -0.2) is 0 Å². The second kappa shape index (κ2) is 6.57. The Hall–Kier alpha value is -1.81. The van der Waals surface area contributed by atoms with Gasteiger partial charge in [-0.15, -0.1) is 0 Å². The summed E-state index contributed by atoms with van der Waals surface area (Å²) in [6, 6.07) is 2.26. The predicted molar refractivity (Wildman–Crippen MR) is 84.4 cm³/mol. The van der Waals surface area contributed by atoms with Crippen LogP contribution in [-0.4, -0.2) is 29.0 Å². The van der Waals surface area contributed by atoms with E-state index < -0.39 is 0 Å². The molecule has 0 spiro atoms. The van der Waals surface area contributed by atoms with E-state index in [-0.39, 0.29) is 7.47 Å². The molecular formula is C16H25N3O. The number of hydrogen-bond acceptors (Lipinski definition) is 3. The van der Waals surface area contributed by atoms with Gasteiger partial charge in [-0.2, -0.15) is 5.10 Å². The molecule has 0 aliphatic carbocycles. The lowest BCUT2D eigenvalue weighted by atomic mass is 10.1. The van der Waals surface area contributed by atoms with Crippen LogP contribution in [0.5, 0.6) is 0 Å². The fraction of sp³-hybridized carbons (Fsp3) is 0.438. The number of nitrogens with zero attached hydrogens (tertiary/aromatic N) is 2. The van der Waals surface area contributed by atoms with Crippen LogP contribution in [-0.2, 0) is 17.7 Å². The molecule has 1 aliphatic heterocycles. The maximum atomic E-state index is 5.76. The Morgan fingerprint density at radius 1 is 1.70 bits per heavy atom. The number of fused-ring (bicyclic) bond motifs is 1. The first-order chi connectivity index (χ1) is 9.65. The van der Waals surface area contributed by atoms with Crippen LogP contribution >= 0.6 is 0 Å². The normalized spacial score (nSPS) is 19.9. The highest BCUT2D eigenvalue weighted by Crippen LogP contribution is 2.18. The number of nitrogens with one attached hydrogen (secondary N) is 1. The van der Waals surface area contributed by atoms with E-state index in [9.17, 15) is 0 Å². The van der Waals surface area contributed by atoms with Gasteiger partial charge in [0.25, 0.3) is 0 Å². The first kappa shape index (κ1) is 14.6.